The summed E-state index contributed by atoms with van der Waals surface area (Å²) in [5.41, 5.74) is 1.50. The van der Waals surface area contributed by atoms with Gasteiger partial charge in [0.1, 0.15) is 17.1 Å². The molecule has 7 nitrogen and oxygen atoms in total. The van der Waals surface area contributed by atoms with E-state index in [1.54, 1.807) is 6.20 Å². The molecule has 124 valence electrons. The number of H-pyrrole nitrogens is 1. The molecule has 0 spiro atoms. The van der Waals surface area contributed by atoms with Crippen molar-refractivity contribution < 1.29 is 9.52 Å². The number of aromatic nitrogens is 4. The van der Waals surface area contributed by atoms with Gasteiger partial charge in [0.05, 0.1) is 11.9 Å². The van der Waals surface area contributed by atoms with Gasteiger partial charge < -0.3 is 9.52 Å². The Morgan fingerprint density at radius 1 is 1.33 bits per heavy atom. The number of β-amino-alcohol motifs (C(OH)–C–C–N with tert-alkyl or cyclic N) is 1. The minimum atomic E-state index is -0.951. The number of likely N-dealkylation sites (tertiary alicyclic amines) is 1. The number of nitrogens with one attached hydrogen (secondary N) is 1. The van der Waals surface area contributed by atoms with Crippen molar-refractivity contribution in [1.29, 1.82) is 0 Å². The zero-order chi connectivity index (χ0) is 16.6. The van der Waals surface area contributed by atoms with Gasteiger partial charge in [0.15, 0.2) is 0 Å². The molecule has 1 aliphatic heterocycles. The van der Waals surface area contributed by atoms with E-state index < -0.39 is 5.60 Å². The van der Waals surface area contributed by atoms with Crippen LogP contribution in [0.5, 0.6) is 0 Å². The van der Waals surface area contributed by atoms with Crippen molar-refractivity contribution in [2.45, 2.75) is 25.5 Å². The van der Waals surface area contributed by atoms with Gasteiger partial charge in [0.25, 0.3) is 0 Å². The predicted octanol–water partition coefficient (Wildman–Crippen LogP) is 1.86. The van der Waals surface area contributed by atoms with Crippen LogP contribution in [0.1, 0.15) is 23.6 Å². The Hall–Kier alpha value is -2.51. The van der Waals surface area contributed by atoms with Crippen LogP contribution in [0, 0.1) is 6.92 Å². The molecular weight excluding hydrogens is 306 g/mol. The number of oxazole rings is 1. The standard InChI is InChI=1S/C17H19N5O2/c1-12-14(19-16(24-12)13-5-3-2-4-6-13)10-22-8-7-17(23,11-22)15-9-18-21-20-15/h2-6,9,23H,7-8,10-11H2,1H3,(H,18,20,21). The third-order valence-corrected chi connectivity index (χ3v) is 4.51. The first-order chi connectivity index (χ1) is 11.6. The van der Waals surface area contributed by atoms with E-state index in [2.05, 4.69) is 25.3 Å². The third-order valence-electron chi connectivity index (χ3n) is 4.51. The molecule has 7 heteroatoms. The molecule has 0 bridgehead atoms. The normalized spacial score (nSPS) is 21.4. The lowest BCUT2D eigenvalue weighted by Gasteiger charge is -2.20. The van der Waals surface area contributed by atoms with Gasteiger partial charge in [0, 0.05) is 25.2 Å². The molecule has 1 aromatic carbocycles. The van der Waals surface area contributed by atoms with Crippen LogP contribution in [0.2, 0.25) is 0 Å². The van der Waals surface area contributed by atoms with E-state index in [1.807, 2.05) is 37.3 Å². The van der Waals surface area contributed by atoms with Crippen LogP contribution in [0.4, 0.5) is 0 Å². The van der Waals surface area contributed by atoms with Gasteiger partial charge in [-0.15, -0.1) is 0 Å². The first-order valence-electron chi connectivity index (χ1n) is 7.97. The highest BCUT2D eigenvalue weighted by Gasteiger charge is 2.40. The van der Waals surface area contributed by atoms with E-state index in [4.69, 9.17) is 4.42 Å². The first kappa shape index (κ1) is 15.0. The average Bonchev–Trinajstić information content (AvgIpc) is 3.31. The monoisotopic (exact) mass is 325 g/mol. The molecule has 2 aromatic heterocycles. The second-order valence-electron chi connectivity index (χ2n) is 6.24. The highest BCUT2D eigenvalue weighted by atomic mass is 16.4. The molecule has 0 aliphatic carbocycles. The molecule has 1 fully saturated rings. The second-order valence-corrected chi connectivity index (χ2v) is 6.24. The van der Waals surface area contributed by atoms with Crippen molar-refractivity contribution in [3.63, 3.8) is 0 Å². The van der Waals surface area contributed by atoms with Crippen LogP contribution < -0.4 is 0 Å². The van der Waals surface area contributed by atoms with Gasteiger partial charge in [-0.2, -0.15) is 15.4 Å². The molecule has 3 heterocycles. The lowest BCUT2D eigenvalue weighted by Crippen LogP contribution is -2.31. The number of aryl methyl sites for hydroxylation is 1. The zero-order valence-corrected chi connectivity index (χ0v) is 13.4. The fourth-order valence-electron chi connectivity index (χ4n) is 3.13. The van der Waals surface area contributed by atoms with E-state index in [1.165, 1.54) is 0 Å². The fourth-order valence-corrected chi connectivity index (χ4v) is 3.13. The fraction of sp³-hybridized carbons (Fsp3) is 0.353. The van der Waals surface area contributed by atoms with Gasteiger partial charge in [0.2, 0.25) is 5.89 Å². The Labute approximate surface area is 139 Å². The van der Waals surface area contributed by atoms with Gasteiger partial charge in [-0.3, -0.25) is 4.90 Å². The largest absolute Gasteiger partial charge is 0.441 e. The number of rotatable bonds is 4. The van der Waals surface area contributed by atoms with Gasteiger partial charge in [-0.25, -0.2) is 4.98 Å². The van der Waals surface area contributed by atoms with E-state index >= 15 is 0 Å². The van der Waals surface area contributed by atoms with Crippen LogP contribution in [-0.4, -0.2) is 43.5 Å². The highest BCUT2D eigenvalue weighted by Crippen LogP contribution is 2.31. The maximum atomic E-state index is 10.7. The van der Waals surface area contributed by atoms with Crippen molar-refractivity contribution in [3.8, 4) is 11.5 Å². The van der Waals surface area contributed by atoms with Crippen molar-refractivity contribution >= 4 is 0 Å². The number of hydrogen-bond donors (Lipinski definition) is 2. The van der Waals surface area contributed by atoms with Crippen LogP contribution >= 0.6 is 0 Å². The second kappa shape index (κ2) is 5.85. The number of nitrogens with zero attached hydrogens (tertiary/aromatic N) is 4. The molecule has 1 aliphatic rings. The quantitative estimate of drug-likeness (QED) is 0.761. The van der Waals surface area contributed by atoms with Crippen LogP contribution in [0.15, 0.2) is 40.9 Å². The summed E-state index contributed by atoms with van der Waals surface area (Å²) in [7, 11) is 0. The molecular formula is C17H19N5O2. The molecule has 1 atom stereocenters. The summed E-state index contributed by atoms with van der Waals surface area (Å²) in [5, 5.41) is 21.1. The lowest BCUT2D eigenvalue weighted by molar-refractivity contribution is 0.0407. The third kappa shape index (κ3) is 2.72. The Balaban J connectivity index is 1.50. The van der Waals surface area contributed by atoms with E-state index in [9.17, 15) is 5.11 Å². The van der Waals surface area contributed by atoms with E-state index in [0.29, 0.717) is 31.1 Å². The highest BCUT2D eigenvalue weighted by molar-refractivity contribution is 5.53. The summed E-state index contributed by atoms with van der Waals surface area (Å²) in [4.78, 5) is 6.79. The lowest BCUT2D eigenvalue weighted by atomic mass is 10.0. The first-order valence-corrected chi connectivity index (χ1v) is 7.97. The minimum absolute atomic E-state index is 0.506. The summed E-state index contributed by atoms with van der Waals surface area (Å²) in [6, 6.07) is 9.86. The number of benzene rings is 1. The summed E-state index contributed by atoms with van der Waals surface area (Å²) in [6.45, 7) is 3.85. The molecule has 2 N–H and O–H groups in total. The zero-order valence-electron chi connectivity index (χ0n) is 13.4. The van der Waals surface area contributed by atoms with Crippen molar-refractivity contribution in [2.24, 2.45) is 0 Å². The topological polar surface area (TPSA) is 91.1 Å². The Bertz CT molecular complexity index is 815. The summed E-state index contributed by atoms with van der Waals surface area (Å²) >= 11 is 0. The van der Waals surface area contributed by atoms with Crippen molar-refractivity contribution in [2.75, 3.05) is 13.1 Å². The summed E-state index contributed by atoms with van der Waals surface area (Å²) < 4.78 is 5.81. The van der Waals surface area contributed by atoms with Crippen LogP contribution in [-0.2, 0) is 12.1 Å². The molecule has 3 aromatic rings. The van der Waals surface area contributed by atoms with E-state index in [-0.39, 0.29) is 0 Å². The molecule has 1 unspecified atom stereocenters. The molecule has 1 saturated heterocycles. The van der Waals surface area contributed by atoms with E-state index in [0.717, 1.165) is 23.6 Å². The van der Waals surface area contributed by atoms with Crippen molar-refractivity contribution in [1.82, 2.24) is 25.3 Å². The Morgan fingerprint density at radius 3 is 2.92 bits per heavy atom. The average molecular weight is 325 g/mol. The molecule has 24 heavy (non-hydrogen) atoms. The van der Waals surface area contributed by atoms with Gasteiger partial charge >= 0.3 is 0 Å². The SMILES string of the molecule is Cc1oc(-c2ccccc2)nc1CN1CCC(O)(c2cn[nH]n2)C1. The van der Waals surface area contributed by atoms with Crippen LogP contribution in [0.25, 0.3) is 11.5 Å². The molecule has 4 rings (SSSR count). The van der Waals surface area contributed by atoms with Gasteiger partial charge in [-0.05, 0) is 25.5 Å². The van der Waals surface area contributed by atoms with Crippen LogP contribution in [0.3, 0.4) is 0 Å². The molecule has 0 radical (unpaired) electrons. The Kier molecular flexibility index (Phi) is 3.66. The summed E-state index contributed by atoms with van der Waals surface area (Å²) in [5.74, 6) is 1.44. The minimum Gasteiger partial charge on any atom is -0.441 e. The maximum absolute atomic E-state index is 10.7. The number of aromatic amines is 1. The number of aliphatic hydroxyl groups is 1. The Morgan fingerprint density at radius 2 is 2.17 bits per heavy atom. The summed E-state index contributed by atoms with van der Waals surface area (Å²) in [6.07, 6.45) is 2.21. The maximum Gasteiger partial charge on any atom is 0.226 e. The van der Waals surface area contributed by atoms with Crippen molar-refractivity contribution in [3.05, 3.63) is 53.7 Å². The predicted molar refractivity (Wildman–Crippen MR) is 86.8 cm³/mol. The molecule has 0 saturated carbocycles. The number of hydrogen-bond acceptors (Lipinski definition) is 6. The smallest absolute Gasteiger partial charge is 0.226 e. The van der Waals surface area contributed by atoms with Gasteiger partial charge in [-0.1, -0.05) is 18.2 Å². The molecule has 0 amide bonds.